The average Bonchev–Trinajstić information content (AvgIpc) is 3.08. The fourth-order valence-corrected chi connectivity index (χ4v) is 7.71. The lowest BCUT2D eigenvalue weighted by atomic mass is 9.46. The van der Waals surface area contributed by atoms with Crippen molar-refractivity contribution in [2.24, 2.45) is 34.3 Å². The number of hydrogen-bond donors (Lipinski definition) is 2. The van der Waals surface area contributed by atoms with E-state index in [0.29, 0.717) is 32.2 Å². The molecule has 0 saturated heterocycles. The van der Waals surface area contributed by atoms with Gasteiger partial charge in [0.2, 0.25) is 5.78 Å². The number of rotatable bonds is 8. The van der Waals surface area contributed by atoms with Crippen LogP contribution in [0.1, 0.15) is 78.1 Å². The van der Waals surface area contributed by atoms with Crippen molar-refractivity contribution >= 4 is 23.5 Å². The SMILES string of the molecule is C[C@]12CCC(=O)C=C1CC[C@@H]1[C@@H]2C(=O)C[C@@]2(C)[C@H]1CC[C@]2(O)C(=O)COC(=O)OCCCCCN. The molecule has 0 heterocycles. The lowest BCUT2D eigenvalue weighted by Crippen LogP contribution is -2.61. The fourth-order valence-electron chi connectivity index (χ4n) is 7.71. The molecular weight excluding hydrogens is 450 g/mol. The van der Waals surface area contributed by atoms with Crippen molar-refractivity contribution in [1.82, 2.24) is 0 Å². The number of allylic oxidation sites excluding steroid dienone is 1. The number of ether oxygens (including phenoxy) is 2. The van der Waals surface area contributed by atoms with Crippen molar-refractivity contribution in [2.45, 2.75) is 83.7 Å². The number of fused-ring (bicyclic) bond motifs is 5. The first-order valence-corrected chi connectivity index (χ1v) is 13.1. The van der Waals surface area contributed by atoms with Gasteiger partial charge in [-0.3, -0.25) is 14.4 Å². The smallest absolute Gasteiger partial charge is 0.434 e. The van der Waals surface area contributed by atoms with Gasteiger partial charge in [-0.25, -0.2) is 4.79 Å². The van der Waals surface area contributed by atoms with Crippen LogP contribution in [0.3, 0.4) is 0 Å². The Hall–Kier alpha value is -2.06. The fraction of sp³-hybridized carbons (Fsp3) is 0.778. The number of nitrogens with two attached hydrogens (primary N) is 1. The van der Waals surface area contributed by atoms with Crippen molar-refractivity contribution < 1.29 is 33.8 Å². The first-order chi connectivity index (χ1) is 16.6. The second-order valence-electron chi connectivity index (χ2n) is 11.5. The molecule has 0 spiro atoms. The molecule has 8 heteroatoms. The highest BCUT2D eigenvalue weighted by Crippen LogP contribution is 2.66. The average molecular weight is 490 g/mol. The molecule has 3 fully saturated rings. The number of hydrogen-bond acceptors (Lipinski definition) is 8. The summed E-state index contributed by atoms with van der Waals surface area (Å²) in [7, 11) is 0. The zero-order valence-corrected chi connectivity index (χ0v) is 21.0. The van der Waals surface area contributed by atoms with E-state index in [0.717, 1.165) is 31.3 Å². The van der Waals surface area contributed by atoms with Crippen LogP contribution in [0, 0.1) is 28.6 Å². The van der Waals surface area contributed by atoms with Gasteiger partial charge in [0.15, 0.2) is 12.4 Å². The van der Waals surface area contributed by atoms with E-state index in [4.69, 9.17) is 15.2 Å². The van der Waals surface area contributed by atoms with Crippen molar-refractivity contribution in [1.29, 1.82) is 0 Å². The van der Waals surface area contributed by atoms with Gasteiger partial charge in [-0.05, 0) is 81.2 Å². The molecule has 0 unspecified atom stereocenters. The summed E-state index contributed by atoms with van der Waals surface area (Å²) in [5.41, 5.74) is 3.58. The van der Waals surface area contributed by atoms with Gasteiger partial charge in [-0.15, -0.1) is 0 Å². The second-order valence-corrected chi connectivity index (χ2v) is 11.5. The summed E-state index contributed by atoms with van der Waals surface area (Å²) in [5, 5.41) is 11.6. The minimum Gasteiger partial charge on any atom is -0.434 e. The third-order valence-corrected chi connectivity index (χ3v) is 9.66. The summed E-state index contributed by atoms with van der Waals surface area (Å²) in [6.45, 7) is 4.16. The largest absolute Gasteiger partial charge is 0.508 e. The van der Waals surface area contributed by atoms with Crippen LogP contribution in [-0.4, -0.2) is 54.0 Å². The second kappa shape index (κ2) is 9.77. The predicted octanol–water partition coefficient (Wildman–Crippen LogP) is 3.28. The van der Waals surface area contributed by atoms with Gasteiger partial charge in [-0.1, -0.05) is 19.4 Å². The molecule has 0 bridgehead atoms. The molecule has 0 amide bonds. The molecule has 0 aromatic heterocycles. The van der Waals surface area contributed by atoms with Crippen molar-refractivity contribution in [3.8, 4) is 0 Å². The van der Waals surface area contributed by atoms with Crippen LogP contribution in [-0.2, 0) is 23.9 Å². The van der Waals surface area contributed by atoms with Gasteiger partial charge in [-0.2, -0.15) is 0 Å². The van der Waals surface area contributed by atoms with Gasteiger partial charge >= 0.3 is 6.16 Å². The van der Waals surface area contributed by atoms with Crippen LogP contribution in [0.2, 0.25) is 0 Å². The molecule has 4 aliphatic carbocycles. The maximum Gasteiger partial charge on any atom is 0.508 e. The molecule has 194 valence electrons. The Labute approximate surface area is 207 Å². The van der Waals surface area contributed by atoms with Gasteiger partial charge < -0.3 is 20.3 Å². The minimum atomic E-state index is -1.72. The predicted molar refractivity (Wildman–Crippen MR) is 127 cm³/mol. The third-order valence-electron chi connectivity index (χ3n) is 9.66. The quantitative estimate of drug-likeness (QED) is 0.392. The number of unbranched alkanes of at least 4 members (excludes halogenated alkanes) is 2. The molecular formula is C27H39NO7. The van der Waals surface area contributed by atoms with Gasteiger partial charge in [0.25, 0.3) is 0 Å². The van der Waals surface area contributed by atoms with Crippen LogP contribution in [0.4, 0.5) is 4.79 Å². The Bertz CT molecular complexity index is 928. The van der Waals surface area contributed by atoms with Gasteiger partial charge in [0, 0.05) is 24.2 Å². The van der Waals surface area contributed by atoms with E-state index < -0.39 is 29.6 Å². The summed E-state index contributed by atoms with van der Waals surface area (Å²) < 4.78 is 10.0. The molecule has 8 nitrogen and oxygen atoms in total. The van der Waals surface area contributed by atoms with Crippen molar-refractivity contribution in [2.75, 3.05) is 19.8 Å². The topological polar surface area (TPSA) is 133 Å². The Kier molecular flexibility index (Phi) is 7.26. The molecule has 0 aromatic rings. The summed E-state index contributed by atoms with van der Waals surface area (Å²) in [6.07, 6.45) is 6.88. The van der Waals surface area contributed by atoms with E-state index in [1.54, 1.807) is 6.08 Å². The summed E-state index contributed by atoms with van der Waals surface area (Å²) in [5.74, 6) is -0.458. The molecule has 0 radical (unpaired) electrons. The minimum absolute atomic E-state index is 0.0182. The summed E-state index contributed by atoms with van der Waals surface area (Å²) >= 11 is 0. The monoisotopic (exact) mass is 489 g/mol. The van der Waals surface area contributed by atoms with Crippen molar-refractivity contribution in [3.05, 3.63) is 11.6 Å². The highest BCUT2D eigenvalue weighted by atomic mass is 16.7. The molecule has 6 atom stereocenters. The molecule has 35 heavy (non-hydrogen) atoms. The van der Waals surface area contributed by atoms with E-state index in [1.165, 1.54) is 0 Å². The Balaban J connectivity index is 1.44. The lowest BCUT2D eigenvalue weighted by Gasteiger charge is -2.57. The van der Waals surface area contributed by atoms with Gasteiger partial charge in [0.1, 0.15) is 11.4 Å². The zero-order chi connectivity index (χ0) is 25.4. The van der Waals surface area contributed by atoms with E-state index in [2.05, 4.69) is 6.92 Å². The summed E-state index contributed by atoms with van der Waals surface area (Å²) in [6, 6.07) is 0. The first-order valence-electron chi connectivity index (χ1n) is 13.1. The van der Waals surface area contributed by atoms with Crippen LogP contribution in [0.15, 0.2) is 11.6 Å². The number of Topliss-reactive ketones (excluding diaryl/α,β-unsaturated/α-hetero) is 2. The molecule has 4 aliphatic rings. The first kappa shape index (κ1) is 26.0. The standard InChI is InChI=1S/C27H39NO7/c1-25-10-8-18(29)14-17(25)6-7-19-20-9-11-27(33,26(20,2)15-21(30)23(19)25)22(31)16-35-24(32)34-13-5-3-4-12-28/h14,19-20,23,33H,3-13,15-16,28H2,1-2H3/t19-,20-,23+,25-,26-,27-/m0/s1. The Morgan fingerprint density at radius 2 is 1.86 bits per heavy atom. The zero-order valence-electron chi connectivity index (χ0n) is 21.0. The van der Waals surface area contributed by atoms with E-state index >= 15 is 0 Å². The van der Waals surface area contributed by atoms with E-state index in [9.17, 15) is 24.3 Å². The van der Waals surface area contributed by atoms with Gasteiger partial charge in [0.05, 0.1) is 6.61 Å². The number of ketones is 3. The van der Waals surface area contributed by atoms with Crippen molar-refractivity contribution in [3.63, 3.8) is 0 Å². The highest BCUT2D eigenvalue weighted by molar-refractivity contribution is 5.95. The Morgan fingerprint density at radius 3 is 2.60 bits per heavy atom. The molecule has 0 aliphatic heterocycles. The maximum absolute atomic E-state index is 13.6. The molecule has 3 saturated carbocycles. The molecule has 4 rings (SSSR count). The van der Waals surface area contributed by atoms with Crippen LogP contribution in [0.5, 0.6) is 0 Å². The summed E-state index contributed by atoms with van der Waals surface area (Å²) in [4.78, 5) is 50.8. The van der Waals surface area contributed by atoms with E-state index in [1.807, 2.05) is 6.92 Å². The lowest BCUT2D eigenvalue weighted by molar-refractivity contribution is -0.170. The molecule has 3 N–H and O–H groups in total. The van der Waals surface area contributed by atoms with Crippen LogP contribution >= 0.6 is 0 Å². The number of carbonyl (C=O) groups excluding carboxylic acids is 4. The third kappa shape index (κ3) is 4.37. The highest BCUT2D eigenvalue weighted by Gasteiger charge is 2.68. The normalized spacial score (nSPS) is 38.2. The van der Waals surface area contributed by atoms with Crippen LogP contribution < -0.4 is 5.73 Å². The molecule has 0 aromatic carbocycles. The van der Waals surface area contributed by atoms with E-state index in [-0.39, 0.29) is 54.2 Å². The Morgan fingerprint density at radius 1 is 1.09 bits per heavy atom. The maximum atomic E-state index is 13.6. The van der Waals surface area contributed by atoms with Crippen LogP contribution in [0.25, 0.3) is 0 Å². The number of aliphatic hydroxyl groups is 1. The number of carbonyl (C=O) groups is 4.